The van der Waals surface area contributed by atoms with Gasteiger partial charge in [0, 0.05) is 12.8 Å². The van der Waals surface area contributed by atoms with Crippen LogP contribution in [0.25, 0.3) is 0 Å². The van der Waals surface area contributed by atoms with E-state index in [1.165, 1.54) is 0 Å². The van der Waals surface area contributed by atoms with Crippen molar-refractivity contribution in [3.63, 3.8) is 0 Å². The zero-order chi connectivity index (χ0) is 11.5. The van der Waals surface area contributed by atoms with E-state index in [1.54, 1.807) is 0 Å². The summed E-state index contributed by atoms with van der Waals surface area (Å²) in [6.45, 7) is 0. The van der Waals surface area contributed by atoms with Gasteiger partial charge in [-0.05, 0) is 12.8 Å². The SMILES string of the molecule is O=C(O)CCC1(CC(=O)O)CCC(=O)N1. The molecular weight excluding hydrogens is 202 g/mol. The summed E-state index contributed by atoms with van der Waals surface area (Å²) in [6, 6.07) is 0. The number of amides is 1. The Kier molecular flexibility index (Phi) is 3.28. The van der Waals surface area contributed by atoms with E-state index in [2.05, 4.69) is 5.32 Å². The van der Waals surface area contributed by atoms with Crippen molar-refractivity contribution in [1.29, 1.82) is 0 Å². The van der Waals surface area contributed by atoms with Crippen LogP contribution in [0.2, 0.25) is 0 Å². The first-order chi connectivity index (χ1) is 6.93. The fraction of sp³-hybridized carbons (Fsp3) is 0.667. The van der Waals surface area contributed by atoms with Crippen LogP contribution in [-0.4, -0.2) is 33.6 Å². The van der Waals surface area contributed by atoms with Gasteiger partial charge >= 0.3 is 11.9 Å². The fourth-order valence-corrected chi connectivity index (χ4v) is 1.82. The maximum atomic E-state index is 11.0. The summed E-state index contributed by atoms with van der Waals surface area (Å²) in [5.41, 5.74) is -0.860. The van der Waals surface area contributed by atoms with Gasteiger partial charge in [-0.1, -0.05) is 0 Å². The van der Waals surface area contributed by atoms with Crippen LogP contribution in [0, 0.1) is 0 Å². The topological polar surface area (TPSA) is 104 Å². The predicted molar refractivity (Wildman–Crippen MR) is 49.2 cm³/mol. The van der Waals surface area contributed by atoms with Crippen molar-refractivity contribution in [3.8, 4) is 0 Å². The Balaban J connectivity index is 2.64. The molecule has 1 atom stereocenters. The van der Waals surface area contributed by atoms with Gasteiger partial charge in [0.05, 0.1) is 12.0 Å². The number of rotatable bonds is 5. The Morgan fingerprint density at radius 1 is 1.33 bits per heavy atom. The Morgan fingerprint density at radius 3 is 2.40 bits per heavy atom. The second kappa shape index (κ2) is 4.29. The van der Waals surface area contributed by atoms with Gasteiger partial charge in [-0.25, -0.2) is 0 Å². The van der Waals surface area contributed by atoms with Crippen LogP contribution in [0.15, 0.2) is 0 Å². The first-order valence-electron chi connectivity index (χ1n) is 4.68. The van der Waals surface area contributed by atoms with Gasteiger partial charge in [0.1, 0.15) is 0 Å². The molecule has 1 heterocycles. The quantitative estimate of drug-likeness (QED) is 0.597. The lowest BCUT2D eigenvalue weighted by Gasteiger charge is -2.26. The zero-order valence-electron chi connectivity index (χ0n) is 8.15. The highest BCUT2D eigenvalue weighted by atomic mass is 16.4. The summed E-state index contributed by atoms with van der Waals surface area (Å²) < 4.78 is 0. The van der Waals surface area contributed by atoms with Crippen molar-refractivity contribution < 1.29 is 24.6 Å². The molecule has 1 unspecified atom stereocenters. The average Bonchev–Trinajstić information content (AvgIpc) is 2.44. The summed E-state index contributed by atoms with van der Waals surface area (Å²) in [6.07, 6.45) is 0.484. The number of carbonyl (C=O) groups excluding carboxylic acids is 1. The molecule has 3 N–H and O–H groups in total. The molecule has 6 heteroatoms. The molecule has 1 aliphatic rings. The van der Waals surface area contributed by atoms with E-state index < -0.39 is 17.5 Å². The minimum absolute atomic E-state index is 0.131. The van der Waals surface area contributed by atoms with Crippen LogP contribution in [-0.2, 0) is 14.4 Å². The number of nitrogens with one attached hydrogen (secondary N) is 1. The lowest BCUT2D eigenvalue weighted by Crippen LogP contribution is -2.43. The number of aliphatic carboxylic acids is 2. The Labute approximate surface area is 86.3 Å². The number of carbonyl (C=O) groups is 3. The third kappa shape index (κ3) is 3.23. The largest absolute Gasteiger partial charge is 0.481 e. The second-order valence-electron chi connectivity index (χ2n) is 3.79. The van der Waals surface area contributed by atoms with Gasteiger partial charge in [-0.2, -0.15) is 0 Å². The van der Waals surface area contributed by atoms with Gasteiger partial charge < -0.3 is 15.5 Å². The molecule has 0 aromatic carbocycles. The molecule has 1 saturated heterocycles. The molecule has 0 aliphatic carbocycles. The van der Waals surface area contributed by atoms with Crippen molar-refractivity contribution in [2.24, 2.45) is 0 Å². The van der Waals surface area contributed by atoms with Crippen LogP contribution in [0.4, 0.5) is 0 Å². The average molecular weight is 215 g/mol. The molecule has 1 aliphatic heterocycles. The van der Waals surface area contributed by atoms with Crippen LogP contribution >= 0.6 is 0 Å². The third-order valence-electron chi connectivity index (χ3n) is 2.54. The summed E-state index contributed by atoms with van der Waals surface area (Å²) in [5, 5.41) is 19.8. The van der Waals surface area contributed by atoms with Crippen molar-refractivity contribution in [3.05, 3.63) is 0 Å². The van der Waals surface area contributed by atoms with E-state index in [0.717, 1.165) is 0 Å². The van der Waals surface area contributed by atoms with E-state index in [0.29, 0.717) is 6.42 Å². The van der Waals surface area contributed by atoms with Gasteiger partial charge in [-0.15, -0.1) is 0 Å². The molecule has 84 valence electrons. The number of carboxylic acid groups (broad SMARTS) is 2. The molecule has 1 fully saturated rings. The molecule has 6 nitrogen and oxygen atoms in total. The van der Waals surface area contributed by atoms with Gasteiger partial charge in [0.2, 0.25) is 5.91 Å². The minimum Gasteiger partial charge on any atom is -0.481 e. The van der Waals surface area contributed by atoms with Crippen molar-refractivity contribution in [2.45, 2.75) is 37.6 Å². The maximum absolute atomic E-state index is 11.0. The Morgan fingerprint density at radius 2 is 2.00 bits per heavy atom. The third-order valence-corrected chi connectivity index (χ3v) is 2.54. The molecule has 0 aromatic rings. The van der Waals surface area contributed by atoms with E-state index in [9.17, 15) is 14.4 Å². The van der Waals surface area contributed by atoms with Gasteiger partial charge in [0.15, 0.2) is 0 Å². The minimum atomic E-state index is -1.03. The number of carboxylic acids is 2. The van der Waals surface area contributed by atoms with E-state index in [4.69, 9.17) is 10.2 Å². The van der Waals surface area contributed by atoms with Crippen LogP contribution in [0.1, 0.15) is 32.1 Å². The molecule has 0 saturated carbocycles. The monoisotopic (exact) mass is 215 g/mol. The Bertz CT molecular complexity index is 301. The van der Waals surface area contributed by atoms with E-state index in [-0.39, 0.29) is 31.6 Å². The molecular formula is C9H13NO5. The number of hydrogen-bond acceptors (Lipinski definition) is 3. The first-order valence-corrected chi connectivity index (χ1v) is 4.68. The second-order valence-corrected chi connectivity index (χ2v) is 3.79. The highest BCUT2D eigenvalue weighted by Gasteiger charge is 2.39. The van der Waals surface area contributed by atoms with Crippen molar-refractivity contribution >= 4 is 17.8 Å². The highest BCUT2D eigenvalue weighted by Crippen LogP contribution is 2.28. The molecule has 1 rings (SSSR count). The number of hydrogen-bond donors (Lipinski definition) is 3. The van der Waals surface area contributed by atoms with Crippen LogP contribution in [0.5, 0.6) is 0 Å². The smallest absolute Gasteiger partial charge is 0.305 e. The molecule has 15 heavy (non-hydrogen) atoms. The summed E-state index contributed by atoms with van der Waals surface area (Å²) in [4.78, 5) is 32.1. The molecule has 0 radical (unpaired) electrons. The molecule has 0 aromatic heterocycles. The van der Waals surface area contributed by atoms with Crippen molar-refractivity contribution in [2.75, 3.05) is 0 Å². The summed E-state index contributed by atoms with van der Waals surface area (Å²) in [5.74, 6) is -2.22. The standard InChI is InChI=1S/C9H13NO5/c11-6-1-3-9(10-6,5-8(14)15)4-2-7(12)13/h1-5H2,(H,10,11)(H,12,13)(H,14,15). The Hall–Kier alpha value is -1.59. The van der Waals surface area contributed by atoms with Gasteiger partial charge in [-0.3, -0.25) is 14.4 Å². The first kappa shape index (κ1) is 11.5. The molecule has 1 amide bonds. The van der Waals surface area contributed by atoms with E-state index >= 15 is 0 Å². The maximum Gasteiger partial charge on any atom is 0.305 e. The van der Waals surface area contributed by atoms with Crippen LogP contribution in [0.3, 0.4) is 0 Å². The van der Waals surface area contributed by atoms with Gasteiger partial charge in [0.25, 0.3) is 0 Å². The molecule has 0 bridgehead atoms. The fourth-order valence-electron chi connectivity index (χ4n) is 1.82. The lowest BCUT2D eigenvalue weighted by molar-refractivity contribution is -0.141. The summed E-state index contributed by atoms with van der Waals surface area (Å²) in [7, 11) is 0. The molecule has 0 spiro atoms. The zero-order valence-corrected chi connectivity index (χ0v) is 8.15. The predicted octanol–water partition coefficient (Wildman–Crippen LogP) is -0.0253. The van der Waals surface area contributed by atoms with Crippen LogP contribution < -0.4 is 5.32 Å². The highest BCUT2D eigenvalue weighted by molar-refractivity contribution is 5.81. The normalized spacial score (nSPS) is 24.9. The lowest BCUT2D eigenvalue weighted by atomic mass is 9.88. The van der Waals surface area contributed by atoms with E-state index in [1.807, 2.05) is 0 Å². The van der Waals surface area contributed by atoms with Crippen molar-refractivity contribution in [1.82, 2.24) is 5.32 Å². The summed E-state index contributed by atoms with van der Waals surface area (Å²) >= 11 is 0.